The number of hydrogen-bond acceptors (Lipinski definition) is 2. The number of amides is 2. The summed E-state index contributed by atoms with van der Waals surface area (Å²) in [7, 11) is 0. The number of aromatic nitrogens is 1. The van der Waals surface area contributed by atoms with Gasteiger partial charge in [0, 0.05) is 35.2 Å². The molecule has 0 fully saturated rings. The molecular formula is C23H20F3N3OS. The lowest BCUT2D eigenvalue weighted by Gasteiger charge is -2.12. The molecule has 0 bridgehead atoms. The lowest BCUT2D eigenvalue weighted by atomic mass is 10.1. The normalized spacial score (nSPS) is 11.6. The highest BCUT2D eigenvalue weighted by Crippen LogP contribution is 2.36. The summed E-state index contributed by atoms with van der Waals surface area (Å²) in [6, 6.07) is 16.0. The number of anilines is 1. The molecule has 0 atom stereocenters. The zero-order chi connectivity index (χ0) is 22.0. The SMILES string of the molecule is CCn1c(-c2cccs2)c(CNC(=O)Nc2cccc(C(F)(F)F)c2)c2ccccc21. The Balaban J connectivity index is 1.60. The first-order valence-electron chi connectivity index (χ1n) is 9.74. The molecule has 4 nitrogen and oxygen atoms in total. The largest absolute Gasteiger partial charge is 0.416 e. The Morgan fingerprint density at radius 2 is 1.87 bits per heavy atom. The average molecular weight is 443 g/mol. The van der Waals surface area contributed by atoms with E-state index in [-0.39, 0.29) is 12.2 Å². The van der Waals surface area contributed by atoms with Gasteiger partial charge in [-0.15, -0.1) is 11.3 Å². The predicted octanol–water partition coefficient (Wildman–Crippen LogP) is 6.73. The number of rotatable bonds is 5. The molecule has 0 aliphatic heterocycles. The highest BCUT2D eigenvalue weighted by atomic mass is 32.1. The Bertz CT molecular complexity index is 1210. The molecule has 8 heteroatoms. The standard InChI is InChI=1S/C23H20F3N3OS/c1-2-29-19-10-4-3-9-17(19)18(21(29)20-11-6-12-31-20)14-27-22(30)28-16-8-5-7-15(13-16)23(24,25)26/h3-13H,2,14H2,1H3,(H2,27,28,30). The van der Waals surface area contributed by atoms with Crippen LogP contribution in [0.25, 0.3) is 21.5 Å². The van der Waals surface area contributed by atoms with E-state index in [0.29, 0.717) is 0 Å². The first-order chi connectivity index (χ1) is 14.9. The van der Waals surface area contributed by atoms with Crippen molar-refractivity contribution in [2.75, 3.05) is 5.32 Å². The van der Waals surface area contributed by atoms with Crippen LogP contribution in [0.2, 0.25) is 0 Å². The first-order valence-corrected chi connectivity index (χ1v) is 10.6. The van der Waals surface area contributed by atoms with Gasteiger partial charge < -0.3 is 15.2 Å². The molecular weight excluding hydrogens is 423 g/mol. The fourth-order valence-electron chi connectivity index (χ4n) is 3.69. The summed E-state index contributed by atoms with van der Waals surface area (Å²) >= 11 is 1.62. The number of halogens is 3. The minimum Gasteiger partial charge on any atom is -0.340 e. The van der Waals surface area contributed by atoms with Crippen molar-refractivity contribution in [1.82, 2.24) is 9.88 Å². The highest BCUT2D eigenvalue weighted by Gasteiger charge is 2.30. The fourth-order valence-corrected chi connectivity index (χ4v) is 4.50. The number of nitrogens with zero attached hydrogens (tertiary/aromatic N) is 1. The second kappa shape index (κ2) is 8.47. The van der Waals surface area contributed by atoms with Crippen LogP contribution in [0.15, 0.2) is 66.0 Å². The summed E-state index contributed by atoms with van der Waals surface area (Å²) in [4.78, 5) is 13.5. The van der Waals surface area contributed by atoms with Gasteiger partial charge in [0.1, 0.15) is 0 Å². The van der Waals surface area contributed by atoms with Crippen molar-refractivity contribution in [1.29, 1.82) is 0 Å². The molecule has 0 aliphatic rings. The van der Waals surface area contributed by atoms with E-state index in [1.165, 1.54) is 12.1 Å². The maximum absolute atomic E-state index is 12.9. The van der Waals surface area contributed by atoms with Crippen LogP contribution in [0.3, 0.4) is 0 Å². The summed E-state index contributed by atoms with van der Waals surface area (Å²) in [5.41, 5.74) is 2.36. The lowest BCUT2D eigenvalue weighted by molar-refractivity contribution is -0.137. The van der Waals surface area contributed by atoms with Crippen LogP contribution in [-0.4, -0.2) is 10.6 Å². The number of carbonyl (C=O) groups is 1. The monoisotopic (exact) mass is 443 g/mol. The number of aryl methyl sites for hydroxylation is 1. The van der Waals surface area contributed by atoms with E-state index in [1.54, 1.807) is 11.3 Å². The van der Waals surface area contributed by atoms with Crippen molar-refractivity contribution in [2.24, 2.45) is 0 Å². The molecule has 2 aromatic carbocycles. The minimum atomic E-state index is -4.47. The van der Waals surface area contributed by atoms with E-state index in [9.17, 15) is 18.0 Å². The van der Waals surface area contributed by atoms with Crippen LogP contribution in [0.4, 0.5) is 23.7 Å². The second-order valence-corrected chi connectivity index (χ2v) is 7.90. The number of fused-ring (bicyclic) bond motifs is 1. The third-order valence-electron chi connectivity index (χ3n) is 5.02. The summed E-state index contributed by atoms with van der Waals surface area (Å²) in [6.45, 7) is 3.08. The molecule has 2 amide bonds. The minimum absolute atomic E-state index is 0.0850. The topological polar surface area (TPSA) is 46.1 Å². The molecule has 160 valence electrons. The molecule has 0 aliphatic carbocycles. The number of urea groups is 1. The summed E-state index contributed by atoms with van der Waals surface area (Å²) in [6.07, 6.45) is -4.47. The summed E-state index contributed by atoms with van der Waals surface area (Å²) in [5.74, 6) is 0. The predicted molar refractivity (Wildman–Crippen MR) is 118 cm³/mol. The van der Waals surface area contributed by atoms with Gasteiger partial charge in [-0.2, -0.15) is 13.2 Å². The van der Waals surface area contributed by atoms with Gasteiger partial charge in [0.25, 0.3) is 0 Å². The van der Waals surface area contributed by atoms with E-state index >= 15 is 0 Å². The van der Waals surface area contributed by atoms with Gasteiger partial charge in [-0.05, 0) is 42.6 Å². The average Bonchev–Trinajstić information content (AvgIpc) is 3.37. The molecule has 0 saturated heterocycles. The van der Waals surface area contributed by atoms with Crippen molar-refractivity contribution >= 4 is 34.0 Å². The lowest BCUT2D eigenvalue weighted by Crippen LogP contribution is -2.28. The van der Waals surface area contributed by atoms with Gasteiger partial charge in [-0.1, -0.05) is 30.3 Å². The summed E-state index contributed by atoms with van der Waals surface area (Å²) < 4.78 is 40.9. The smallest absolute Gasteiger partial charge is 0.340 e. The fraction of sp³-hybridized carbons (Fsp3) is 0.174. The third kappa shape index (κ3) is 4.29. The van der Waals surface area contributed by atoms with Crippen molar-refractivity contribution in [3.8, 4) is 10.6 Å². The molecule has 2 heterocycles. The Hall–Kier alpha value is -3.26. The quantitative estimate of drug-likeness (QED) is 0.353. The maximum Gasteiger partial charge on any atom is 0.416 e. The van der Waals surface area contributed by atoms with Gasteiger partial charge in [-0.25, -0.2) is 4.79 Å². The van der Waals surface area contributed by atoms with Gasteiger partial charge in [0.15, 0.2) is 0 Å². The molecule has 31 heavy (non-hydrogen) atoms. The van der Waals surface area contributed by atoms with Crippen molar-refractivity contribution < 1.29 is 18.0 Å². The summed E-state index contributed by atoms with van der Waals surface area (Å²) in [5, 5.41) is 8.33. The van der Waals surface area contributed by atoms with Crippen molar-refractivity contribution in [3.05, 3.63) is 77.2 Å². The zero-order valence-electron chi connectivity index (χ0n) is 16.7. The second-order valence-electron chi connectivity index (χ2n) is 6.95. The van der Waals surface area contributed by atoms with Gasteiger partial charge in [0.05, 0.1) is 16.1 Å². The van der Waals surface area contributed by atoms with Gasteiger partial charge in [0.2, 0.25) is 0 Å². The number of alkyl halides is 3. The molecule has 0 saturated carbocycles. The van der Waals surface area contributed by atoms with Crippen LogP contribution < -0.4 is 10.6 Å². The maximum atomic E-state index is 12.9. The molecule has 0 radical (unpaired) electrons. The van der Waals surface area contributed by atoms with Crippen LogP contribution in [0.5, 0.6) is 0 Å². The van der Waals surface area contributed by atoms with Crippen LogP contribution >= 0.6 is 11.3 Å². The Labute approximate surface area is 181 Å². The van der Waals surface area contributed by atoms with Crippen molar-refractivity contribution in [2.45, 2.75) is 26.2 Å². The molecule has 2 aromatic heterocycles. The zero-order valence-corrected chi connectivity index (χ0v) is 17.5. The molecule has 4 rings (SSSR count). The number of benzene rings is 2. The third-order valence-corrected chi connectivity index (χ3v) is 5.90. The molecule has 4 aromatic rings. The molecule has 2 N–H and O–H groups in total. The number of para-hydroxylation sites is 1. The van der Waals surface area contributed by atoms with E-state index < -0.39 is 17.8 Å². The van der Waals surface area contributed by atoms with E-state index in [0.717, 1.165) is 45.7 Å². The van der Waals surface area contributed by atoms with E-state index in [2.05, 4.69) is 22.1 Å². The van der Waals surface area contributed by atoms with Crippen LogP contribution in [-0.2, 0) is 19.3 Å². The van der Waals surface area contributed by atoms with Gasteiger partial charge in [-0.3, -0.25) is 0 Å². The van der Waals surface area contributed by atoms with Crippen molar-refractivity contribution in [3.63, 3.8) is 0 Å². The van der Waals surface area contributed by atoms with E-state index in [1.807, 2.05) is 41.8 Å². The number of thiophene rings is 1. The highest BCUT2D eigenvalue weighted by molar-refractivity contribution is 7.13. The Morgan fingerprint density at radius 3 is 2.58 bits per heavy atom. The Kier molecular flexibility index (Phi) is 5.73. The first kappa shape index (κ1) is 21.0. The van der Waals surface area contributed by atoms with Crippen LogP contribution in [0, 0.1) is 0 Å². The number of hydrogen-bond donors (Lipinski definition) is 2. The van der Waals surface area contributed by atoms with E-state index in [4.69, 9.17) is 0 Å². The number of carbonyl (C=O) groups excluding carboxylic acids is 1. The molecule has 0 spiro atoms. The van der Waals surface area contributed by atoms with Gasteiger partial charge >= 0.3 is 12.2 Å². The molecule has 0 unspecified atom stereocenters. The van der Waals surface area contributed by atoms with Crippen LogP contribution in [0.1, 0.15) is 18.1 Å². The number of nitrogens with one attached hydrogen (secondary N) is 2. The Morgan fingerprint density at radius 1 is 1.06 bits per heavy atom.